The van der Waals surface area contributed by atoms with Crippen LogP contribution >= 0.6 is 22.6 Å². The number of benzene rings is 2. The third-order valence-electron chi connectivity index (χ3n) is 3.29. The van der Waals surface area contributed by atoms with Gasteiger partial charge >= 0.3 is 0 Å². The minimum Gasteiger partial charge on any atom is -0.296 e. The van der Waals surface area contributed by atoms with Crippen molar-refractivity contribution in [3.05, 3.63) is 69.4 Å². The van der Waals surface area contributed by atoms with Gasteiger partial charge in [-0.1, -0.05) is 48.0 Å². The average molecular weight is 388 g/mol. The fraction of sp³-hybridized carbons (Fsp3) is 0.0588. The van der Waals surface area contributed by atoms with Crippen molar-refractivity contribution in [2.24, 2.45) is 0 Å². The summed E-state index contributed by atoms with van der Waals surface area (Å²) < 4.78 is 2.70. The van der Waals surface area contributed by atoms with Crippen molar-refractivity contribution in [2.75, 3.05) is 0 Å². The Morgan fingerprint density at radius 1 is 1.05 bits per heavy atom. The zero-order valence-electron chi connectivity index (χ0n) is 11.5. The lowest BCUT2D eigenvalue weighted by atomic mass is 10.1. The molecule has 0 amide bonds. The molecule has 0 fully saturated rings. The van der Waals surface area contributed by atoms with Gasteiger partial charge in [0.1, 0.15) is 5.69 Å². The second kappa shape index (κ2) is 5.81. The van der Waals surface area contributed by atoms with Crippen molar-refractivity contribution >= 4 is 28.9 Å². The van der Waals surface area contributed by atoms with Crippen LogP contribution in [0.25, 0.3) is 16.9 Å². The van der Waals surface area contributed by atoms with Crippen molar-refractivity contribution < 1.29 is 4.79 Å². The molecule has 0 saturated carbocycles. The summed E-state index contributed by atoms with van der Waals surface area (Å²) in [5, 5.41) is 4.44. The van der Waals surface area contributed by atoms with E-state index in [4.69, 9.17) is 0 Å². The largest absolute Gasteiger partial charge is 0.296 e. The fourth-order valence-electron chi connectivity index (χ4n) is 2.21. The molecule has 21 heavy (non-hydrogen) atoms. The second-order valence-corrected chi connectivity index (χ2v) is 5.86. The number of para-hydroxylation sites is 1. The smallest absolute Gasteiger partial charge is 0.171 e. The van der Waals surface area contributed by atoms with Gasteiger partial charge in [-0.2, -0.15) is 5.10 Å². The molecular weight excluding hydrogens is 375 g/mol. The first-order valence-corrected chi connectivity index (χ1v) is 7.64. The van der Waals surface area contributed by atoms with Crippen LogP contribution in [0.3, 0.4) is 0 Å². The zero-order chi connectivity index (χ0) is 14.8. The maximum absolute atomic E-state index is 11.2. The molecule has 0 aliphatic rings. The van der Waals surface area contributed by atoms with Gasteiger partial charge in [0.25, 0.3) is 0 Å². The van der Waals surface area contributed by atoms with Gasteiger partial charge in [-0.25, -0.2) is 4.68 Å². The van der Waals surface area contributed by atoms with E-state index < -0.39 is 0 Å². The highest BCUT2D eigenvalue weighted by Crippen LogP contribution is 2.30. The lowest BCUT2D eigenvalue weighted by Gasteiger charge is -2.08. The lowest BCUT2D eigenvalue weighted by Crippen LogP contribution is -1.99. The van der Waals surface area contributed by atoms with Crippen molar-refractivity contribution in [3.8, 4) is 16.9 Å². The van der Waals surface area contributed by atoms with Crippen molar-refractivity contribution in [3.63, 3.8) is 0 Å². The molecule has 0 N–H and O–H groups in total. The van der Waals surface area contributed by atoms with Crippen molar-refractivity contribution in [2.45, 2.75) is 6.92 Å². The van der Waals surface area contributed by atoms with E-state index in [9.17, 15) is 4.79 Å². The van der Waals surface area contributed by atoms with Crippen LogP contribution in [0.1, 0.15) is 16.1 Å². The van der Waals surface area contributed by atoms with Gasteiger partial charge < -0.3 is 0 Å². The Labute approximate surface area is 136 Å². The van der Waals surface area contributed by atoms with Crippen LogP contribution in [0.4, 0.5) is 0 Å². The number of carbonyl (C=O) groups excluding carboxylic acids is 1. The number of hydrogen-bond acceptors (Lipinski definition) is 2. The Kier molecular flexibility index (Phi) is 3.88. The predicted octanol–water partition coefficient (Wildman–Crippen LogP) is 4.26. The Morgan fingerprint density at radius 3 is 2.33 bits per heavy atom. The third kappa shape index (κ3) is 2.63. The summed E-state index contributed by atoms with van der Waals surface area (Å²) in [7, 11) is 0. The Balaban J connectivity index is 2.25. The molecule has 3 rings (SSSR count). The van der Waals surface area contributed by atoms with Crippen LogP contribution < -0.4 is 0 Å². The van der Waals surface area contributed by atoms with Gasteiger partial charge in [0.2, 0.25) is 0 Å². The highest BCUT2D eigenvalue weighted by atomic mass is 127. The highest BCUT2D eigenvalue weighted by Gasteiger charge is 2.17. The molecule has 0 saturated heterocycles. The Hall–Kier alpha value is -1.95. The van der Waals surface area contributed by atoms with Crippen molar-refractivity contribution in [1.29, 1.82) is 0 Å². The molecule has 0 aliphatic carbocycles. The van der Waals surface area contributed by atoms with Crippen LogP contribution in [-0.2, 0) is 0 Å². The predicted molar refractivity (Wildman–Crippen MR) is 91.8 cm³/mol. The topological polar surface area (TPSA) is 34.9 Å². The van der Waals surface area contributed by atoms with Gasteiger partial charge in [0.05, 0.1) is 15.0 Å². The average Bonchev–Trinajstić information content (AvgIpc) is 2.86. The van der Waals surface area contributed by atoms with E-state index in [2.05, 4.69) is 58.9 Å². The third-order valence-corrected chi connectivity index (χ3v) is 4.35. The van der Waals surface area contributed by atoms with E-state index in [0.717, 1.165) is 26.8 Å². The molecule has 0 aliphatic heterocycles. The summed E-state index contributed by atoms with van der Waals surface area (Å²) >= 11 is 2.19. The minimum absolute atomic E-state index is 0.468. The van der Waals surface area contributed by atoms with Gasteiger partial charge in [0.15, 0.2) is 6.29 Å². The molecule has 4 heteroatoms. The number of aryl methyl sites for hydroxylation is 1. The van der Waals surface area contributed by atoms with E-state index in [1.54, 1.807) is 0 Å². The Morgan fingerprint density at radius 2 is 1.71 bits per heavy atom. The molecule has 1 heterocycles. The van der Waals surface area contributed by atoms with E-state index in [1.165, 1.54) is 5.56 Å². The van der Waals surface area contributed by atoms with Crippen LogP contribution in [-0.4, -0.2) is 16.1 Å². The van der Waals surface area contributed by atoms with Crippen LogP contribution in [0, 0.1) is 10.5 Å². The summed E-state index contributed by atoms with van der Waals surface area (Å²) in [6.07, 6.45) is 0.804. The van der Waals surface area contributed by atoms with Crippen LogP contribution in [0.15, 0.2) is 54.6 Å². The molecular formula is C17H13IN2O. The number of aldehydes is 1. The fourth-order valence-corrected chi connectivity index (χ4v) is 2.98. The van der Waals surface area contributed by atoms with E-state index in [0.29, 0.717) is 5.69 Å². The molecule has 0 radical (unpaired) electrons. The zero-order valence-corrected chi connectivity index (χ0v) is 13.6. The van der Waals surface area contributed by atoms with Gasteiger partial charge in [-0.3, -0.25) is 4.79 Å². The number of halogens is 1. The number of rotatable bonds is 3. The summed E-state index contributed by atoms with van der Waals surface area (Å²) in [6.45, 7) is 2.06. The molecule has 104 valence electrons. The van der Waals surface area contributed by atoms with Crippen molar-refractivity contribution in [1.82, 2.24) is 9.78 Å². The number of carbonyl (C=O) groups is 1. The van der Waals surface area contributed by atoms with Gasteiger partial charge in [-0.15, -0.1) is 0 Å². The minimum atomic E-state index is 0.468. The summed E-state index contributed by atoms with van der Waals surface area (Å²) in [6, 6.07) is 18.1. The molecule has 1 aromatic heterocycles. The monoisotopic (exact) mass is 388 g/mol. The molecule has 0 spiro atoms. The number of aromatic nitrogens is 2. The van der Waals surface area contributed by atoms with Crippen LogP contribution in [0.2, 0.25) is 0 Å². The second-order valence-electron chi connectivity index (χ2n) is 4.78. The molecule has 3 nitrogen and oxygen atoms in total. The van der Waals surface area contributed by atoms with E-state index >= 15 is 0 Å². The molecule has 0 bridgehead atoms. The number of nitrogens with zero attached hydrogens (tertiary/aromatic N) is 2. The Bertz CT molecular complexity index is 777. The SMILES string of the molecule is Cc1ccc(-c2c(I)c(C=O)nn2-c2ccccc2)cc1. The first-order valence-electron chi connectivity index (χ1n) is 6.57. The summed E-state index contributed by atoms with van der Waals surface area (Å²) in [5.41, 5.74) is 4.61. The number of hydrogen-bond donors (Lipinski definition) is 0. The summed E-state index contributed by atoms with van der Waals surface area (Å²) in [4.78, 5) is 11.2. The molecule has 3 aromatic rings. The standard InChI is InChI=1S/C17H13IN2O/c1-12-7-9-13(10-8-12)17-16(18)15(11-21)19-20(17)14-5-3-2-4-6-14/h2-11H,1H3. The summed E-state index contributed by atoms with van der Waals surface area (Å²) in [5.74, 6) is 0. The lowest BCUT2D eigenvalue weighted by molar-refractivity contribution is 0.111. The normalized spacial score (nSPS) is 10.6. The first-order chi connectivity index (χ1) is 10.2. The maximum Gasteiger partial charge on any atom is 0.171 e. The molecule has 2 aromatic carbocycles. The maximum atomic E-state index is 11.2. The molecule has 0 unspecified atom stereocenters. The molecule has 0 atom stereocenters. The van der Waals surface area contributed by atoms with Gasteiger partial charge in [-0.05, 0) is 41.6 Å². The highest BCUT2D eigenvalue weighted by molar-refractivity contribution is 14.1. The quantitative estimate of drug-likeness (QED) is 0.496. The first kappa shape index (κ1) is 14.0. The van der Waals surface area contributed by atoms with E-state index in [-0.39, 0.29) is 0 Å². The van der Waals surface area contributed by atoms with Crippen LogP contribution in [0.5, 0.6) is 0 Å². The van der Waals surface area contributed by atoms with Gasteiger partial charge in [0, 0.05) is 5.56 Å². The van der Waals surface area contributed by atoms with E-state index in [1.807, 2.05) is 35.0 Å².